The average Bonchev–Trinajstić information content (AvgIpc) is 3.54. The van der Waals surface area contributed by atoms with Gasteiger partial charge in [0, 0.05) is 94.1 Å². The minimum absolute atomic E-state index is 0.0466. The highest BCUT2D eigenvalue weighted by Crippen LogP contribution is 2.49. The summed E-state index contributed by atoms with van der Waals surface area (Å²) in [5, 5.41) is 48.7. The number of piperazine rings is 1. The van der Waals surface area contributed by atoms with Gasteiger partial charge < -0.3 is 49.4 Å². The molecule has 4 N–H and O–H groups in total. The quantitative estimate of drug-likeness (QED) is 0.168. The summed E-state index contributed by atoms with van der Waals surface area (Å²) in [7, 11) is 1.41. The Kier molecular flexibility index (Phi) is 14.5. The number of Topliss-reactive ketones (excluding diaryl/α,β-unsaturated/α-hetero) is 3. The lowest BCUT2D eigenvalue weighted by Crippen LogP contribution is -2.50. The summed E-state index contributed by atoms with van der Waals surface area (Å²) in [6, 6.07) is 4.07. The number of esters is 1. The van der Waals surface area contributed by atoms with Crippen molar-refractivity contribution in [1.29, 1.82) is 0 Å². The number of aliphatic hydroxyl groups excluding tert-OH is 2. The van der Waals surface area contributed by atoms with E-state index in [1.165, 1.54) is 71.2 Å². The van der Waals surface area contributed by atoms with Crippen molar-refractivity contribution in [3.05, 3.63) is 103 Å². The highest BCUT2D eigenvalue weighted by molar-refractivity contribution is 6.34. The Hall–Kier alpha value is -6.08. The fourth-order valence-corrected chi connectivity index (χ4v) is 9.31. The SMILES string of the molecule is COC1/C=C/OC2(C)Oc3c(C)c(O)c4c(c3C2=O)C(=O)C(N2CCN(c3ccc([N+](=O)[O-])cc3Cl)CC2)=C(NC(=O)/C(C)=C\C=C\C(C)C(O)C(C)C(O)C(C)C(OC(C)=O)C1C)C4=O. The van der Waals surface area contributed by atoms with E-state index in [1.54, 1.807) is 38.7 Å². The number of carbonyl (C=O) groups is 5. The second-order valence-electron chi connectivity index (χ2n) is 17.4. The van der Waals surface area contributed by atoms with Gasteiger partial charge in [-0.2, -0.15) is 0 Å². The van der Waals surface area contributed by atoms with Gasteiger partial charge in [0.15, 0.2) is 0 Å². The third-order valence-corrected chi connectivity index (χ3v) is 13.3. The maximum Gasteiger partial charge on any atom is 0.312 e. The number of phenols is 1. The van der Waals surface area contributed by atoms with Crippen molar-refractivity contribution in [3.8, 4) is 11.5 Å². The maximum absolute atomic E-state index is 15.1. The van der Waals surface area contributed by atoms with Crippen LogP contribution in [-0.2, 0) is 23.8 Å². The summed E-state index contributed by atoms with van der Waals surface area (Å²) in [4.78, 5) is 85.0. The van der Waals surface area contributed by atoms with Gasteiger partial charge in [0.05, 0.1) is 56.9 Å². The van der Waals surface area contributed by atoms with E-state index in [0.29, 0.717) is 5.69 Å². The number of hydrogen-bond acceptors (Lipinski definition) is 16. The molecule has 66 heavy (non-hydrogen) atoms. The molecule has 1 saturated heterocycles. The predicted molar refractivity (Wildman–Crippen MR) is 240 cm³/mol. The molecule has 354 valence electrons. The molecule has 18 nitrogen and oxygen atoms in total. The predicted octanol–water partition coefficient (Wildman–Crippen LogP) is 5.34. The number of nitrogens with one attached hydrogen (secondary N) is 1. The number of rotatable bonds is 5. The number of ketones is 3. The zero-order valence-corrected chi connectivity index (χ0v) is 38.9. The fraction of sp³-hybridized carbons (Fsp3) is 0.468. The summed E-state index contributed by atoms with van der Waals surface area (Å²) in [6.45, 7) is 12.8. The Morgan fingerprint density at radius 2 is 1.59 bits per heavy atom. The van der Waals surface area contributed by atoms with Crippen LogP contribution >= 0.6 is 11.6 Å². The van der Waals surface area contributed by atoms with Gasteiger partial charge in [-0.15, -0.1) is 0 Å². The minimum Gasteiger partial charge on any atom is -0.507 e. The number of halogens is 1. The van der Waals surface area contributed by atoms with E-state index < -0.39 is 111 Å². The zero-order valence-electron chi connectivity index (χ0n) is 38.1. The Balaban J connectivity index is 1.46. The lowest BCUT2D eigenvalue weighted by molar-refractivity contribution is -0.384. The number of nitro benzene ring substituents is 1. The number of allylic oxidation sites excluding steroid dienone is 4. The fourth-order valence-electron chi connectivity index (χ4n) is 9.01. The van der Waals surface area contributed by atoms with Gasteiger partial charge in [-0.1, -0.05) is 57.5 Å². The summed E-state index contributed by atoms with van der Waals surface area (Å²) in [6.07, 6.45) is 3.15. The highest BCUT2D eigenvalue weighted by atomic mass is 35.5. The van der Waals surface area contributed by atoms with E-state index in [1.807, 2.05) is 4.90 Å². The number of benzene rings is 2. The molecule has 0 aromatic heterocycles. The topological polar surface area (TPSA) is 245 Å². The van der Waals surface area contributed by atoms with Gasteiger partial charge in [-0.05, 0) is 26.0 Å². The molecular formula is C47H55ClN4O14. The number of nitro groups is 1. The Morgan fingerprint density at radius 1 is 0.939 bits per heavy atom. The van der Waals surface area contributed by atoms with Crippen molar-refractivity contribution in [1.82, 2.24) is 10.2 Å². The van der Waals surface area contributed by atoms with E-state index >= 15 is 4.79 Å². The van der Waals surface area contributed by atoms with Crippen LogP contribution in [-0.4, -0.2) is 118 Å². The van der Waals surface area contributed by atoms with Gasteiger partial charge in [0.2, 0.25) is 11.6 Å². The molecule has 9 unspecified atom stereocenters. The van der Waals surface area contributed by atoms with Gasteiger partial charge in [0.25, 0.3) is 17.4 Å². The molecule has 2 aromatic rings. The van der Waals surface area contributed by atoms with E-state index in [4.69, 9.17) is 30.5 Å². The molecule has 5 aliphatic rings. The third-order valence-electron chi connectivity index (χ3n) is 13.0. The number of carbonyl (C=O) groups excluding carboxylic acids is 5. The molecule has 9 atom stereocenters. The molecule has 0 radical (unpaired) electrons. The number of anilines is 1. The zero-order chi connectivity index (χ0) is 48.7. The number of phenolic OH excluding ortho intramolecular Hbond substituents is 1. The monoisotopic (exact) mass is 934 g/mol. The molecule has 19 heteroatoms. The minimum atomic E-state index is -2.14. The number of aromatic hydroxyl groups is 1. The van der Waals surface area contributed by atoms with Crippen LogP contribution in [0.3, 0.4) is 0 Å². The third kappa shape index (κ3) is 9.19. The molecule has 4 aliphatic heterocycles. The Labute approximate surface area is 386 Å². The molecule has 1 fully saturated rings. The van der Waals surface area contributed by atoms with Crippen LogP contribution in [0.15, 0.2) is 65.7 Å². The Bertz CT molecular complexity index is 2470. The largest absolute Gasteiger partial charge is 0.507 e. The van der Waals surface area contributed by atoms with Crippen molar-refractivity contribution in [3.63, 3.8) is 0 Å². The molecule has 2 aromatic carbocycles. The van der Waals surface area contributed by atoms with Crippen molar-refractivity contribution < 1.29 is 63.2 Å². The van der Waals surface area contributed by atoms with E-state index in [2.05, 4.69) is 5.32 Å². The maximum atomic E-state index is 15.1. The number of nitrogens with zero attached hydrogens (tertiary/aromatic N) is 3. The second kappa shape index (κ2) is 19.4. The molecule has 0 saturated carbocycles. The van der Waals surface area contributed by atoms with E-state index in [0.717, 1.165) is 6.26 Å². The van der Waals surface area contributed by atoms with Crippen LogP contribution in [0.25, 0.3) is 0 Å². The number of non-ortho nitro benzene ring substituents is 1. The van der Waals surface area contributed by atoms with Gasteiger partial charge in [-0.3, -0.25) is 34.1 Å². The van der Waals surface area contributed by atoms with Crippen molar-refractivity contribution in [2.24, 2.45) is 23.7 Å². The van der Waals surface area contributed by atoms with Crippen molar-refractivity contribution in [2.45, 2.75) is 85.6 Å². The van der Waals surface area contributed by atoms with Crippen LogP contribution in [0.5, 0.6) is 11.5 Å². The van der Waals surface area contributed by atoms with Gasteiger partial charge in [-0.25, -0.2) is 0 Å². The summed E-state index contributed by atoms with van der Waals surface area (Å²) >= 11 is 6.46. The highest BCUT2D eigenvalue weighted by Gasteiger charge is 2.53. The number of ether oxygens (including phenoxy) is 4. The lowest BCUT2D eigenvalue weighted by Gasteiger charge is -2.40. The molecule has 0 spiro atoms. The van der Waals surface area contributed by atoms with Crippen LogP contribution in [0.4, 0.5) is 11.4 Å². The normalized spacial score (nSPS) is 30.5. The van der Waals surface area contributed by atoms with Gasteiger partial charge in [0.1, 0.15) is 29.0 Å². The summed E-state index contributed by atoms with van der Waals surface area (Å²) in [5.74, 6) is -9.72. The van der Waals surface area contributed by atoms with Crippen LogP contribution in [0, 0.1) is 40.7 Å². The summed E-state index contributed by atoms with van der Waals surface area (Å²) < 4.78 is 23.6. The first-order chi connectivity index (χ1) is 31.0. The standard InChI is InChI=1S/C47H55ClN4O14/c1-22-11-10-12-23(2)46(60)49-36-37(51-18-16-50(17-19-51)31-14-13-29(52(61)62)21-30(31)48)42(58)33-34(41(36)57)40(56)27(6)44-35(33)45(59)47(8,66-44)64-20-15-32(63-9)24(3)43(65-28(7)53)26(5)39(55)25(4)38(22)54/h10-15,20-22,24-26,32,38-39,43,54-56H,16-19H2,1-9H3,(H,49,60)/b11-10+,20-15+,23-12-. The van der Waals surface area contributed by atoms with Crippen LogP contribution < -0.4 is 15.0 Å². The summed E-state index contributed by atoms with van der Waals surface area (Å²) in [5.41, 5.74) is -1.63. The molecule has 4 heterocycles. The first kappa shape index (κ1) is 49.4. The molecular weight excluding hydrogens is 880 g/mol. The average molecular weight is 935 g/mol. The molecule has 5 bridgehead atoms. The smallest absolute Gasteiger partial charge is 0.312 e. The number of hydrogen-bond donors (Lipinski definition) is 4. The Morgan fingerprint density at radius 3 is 2.20 bits per heavy atom. The van der Waals surface area contributed by atoms with Gasteiger partial charge >= 0.3 is 11.8 Å². The second-order valence-corrected chi connectivity index (χ2v) is 17.8. The van der Waals surface area contributed by atoms with Crippen LogP contribution in [0.1, 0.15) is 85.1 Å². The first-order valence-electron chi connectivity index (χ1n) is 21.5. The lowest BCUT2D eigenvalue weighted by atomic mass is 9.78. The molecule has 1 amide bonds. The van der Waals surface area contributed by atoms with E-state index in [-0.39, 0.29) is 65.0 Å². The van der Waals surface area contributed by atoms with E-state index in [9.17, 15) is 44.6 Å². The number of fused-ring (bicyclic) bond motifs is 14. The van der Waals surface area contributed by atoms with Crippen molar-refractivity contribution >= 4 is 52.2 Å². The van der Waals surface area contributed by atoms with Crippen molar-refractivity contribution in [2.75, 3.05) is 38.2 Å². The first-order valence-corrected chi connectivity index (χ1v) is 21.9. The number of aliphatic hydroxyl groups is 2. The number of amides is 1. The molecule has 1 aliphatic carbocycles. The van der Waals surface area contributed by atoms with Crippen LogP contribution in [0.2, 0.25) is 5.02 Å². The number of methoxy groups -OCH3 is 1. The molecule has 7 rings (SSSR count).